The van der Waals surface area contributed by atoms with Crippen molar-refractivity contribution >= 4 is 10.9 Å². The SMILES string of the molecule is NCc1ccc(Oc2cc(=O)[nH]c3ccccc23)cc1. The molecule has 1 heterocycles. The standard InChI is InChI=1S/C16H14N2O2/c17-10-11-5-7-12(8-6-11)20-15-9-16(19)18-14-4-2-1-3-13(14)15/h1-9H,10,17H2,(H,18,19). The van der Waals surface area contributed by atoms with Gasteiger partial charge in [-0.25, -0.2) is 0 Å². The van der Waals surface area contributed by atoms with Crippen molar-refractivity contribution in [3.8, 4) is 11.5 Å². The Morgan fingerprint density at radius 2 is 1.80 bits per heavy atom. The van der Waals surface area contributed by atoms with Crippen molar-refractivity contribution in [2.75, 3.05) is 0 Å². The summed E-state index contributed by atoms with van der Waals surface area (Å²) < 4.78 is 5.81. The van der Waals surface area contributed by atoms with Gasteiger partial charge in [0, 0.05) is 18.0 Å². The van der Waals surface area contributed by atoms with Crippen molar-refractivity contribution in [3.63, 3.8) is 0 Å². The minimum atomic E-state index is -0.183. The monoisotopic (exact) mass is 266 g/mol. The summed E-state index contributed by atoms with van der Waals surface area (Å²) in [6.07, 6.45) is 0. The highest BCUT2D eigenvalue weighted by Gasteiger charge is 2.05. The Bertz CT molecular complexity index is 791. The molecule has 0 amide bonds. The molecule has 0 saturated heterocycles. The number of rotatable bonds is 3. The molecule has 0 aliphatic carbocycles. The predicted octanol–water partition coefficient (Wildman–Crippen LogP) is 2.78. The number of pyridine rings is 1. The van der Waals surface area contributed by atoms with Gasteiger partial charge in [-0.1, -0.05) is 24.3 Å². The molecule has 0 spiro atoms. The average Bonchev–Trinajstić information content (AvgIpc) is 2.48. The number of hydrogen-bond acceptors (Lipinski definition) is 3. The molecule has 4 nitrogen and oxygen atoms in total. The highest BCUT2D eigenvalue weighted by molar-refractivity contribution is 5.84. The van der Waals surface area contributed by atoms with Gasteiger partial charge >= 0.3 is 0 Å². The summed E-state index contributed by atoms with van der Waals surface area (Å²) in [6, 6.07) is 16.5. The van der Waals surface area contributed by atoms with Gasteiger partial charge in [-0.05, 0) is 29.8 Å². The zero-order chi connectivity index (χ0) is 13.9. The molecule has 0 radical (unpaired) electrons. The Morgan fingerprint density at radius 3 is 2.55 bits per heavy atom. The van der Waals surface area contributed by atoms with Crippen molar-refractivity contribution in [2.45, 2.75) is 6.54 Å². The fourth-order valence-electron chi connectivity index (χ4n) is 2.08. The van der Waals surface area contributed by atoms with Gasteiger partial charge < -0.3 is 15.5 Å². The van der Waals surface area contributed by atoms with Gasteiger partial charge in [-0.15, -0.1) is 0 Å². The van der Waals surface area contributed by atoms with Crippen molar-refractivity contribution < 1.29 is 4.74 Å². The first-order chi connectivity index (χ1) is 9.76. The first kappa shape index (κ1) is 12.4. The first-order valence-electron chi connectivity index (χ1n) is 6.35. The van der Waals surface area contributed by atoms with Crippen molar-refractivity contribution in [1.82, 2.24) is 4.98 Å². The van der Waals surface area contributed by atoms with Crippen LogP contribution >= 0.6 is 0 Å². The van der Waals surface area contributed by atoms with Crippen LogP contribution < -0.4 is 16.0 Å². The van der Waals surface area contributed by atoms with E-state index in [0.29, 0.717) is 18.0 Å². The quantitative estimate of drug-likeness (QED) is 0.766. The van der Waals surface area contributed by atoms with E-state index in [4.69, 9.17) is 10.5 Å². The molecule has 0 fully saturated rings. The molecule has 0 atom stereocenters. The number of aromatic amines is 1. The number of benzene rings is 2. The van der Waals surface area contributed by atoms with E-state index in [9.17, 15) is 4.79 Å². The van der Waals surface area contributed by atoms with Crippen LogP contribution in [0.2, 0.25) is 0 Å². The first-order valence-corrected chi connectivity index (χ1v) is 6.35. The highest BCUT2D eigenvalue weighted by atomic mass is 16.5. The summed E-state index contributed by atoms with van der Waals surface area (Å²) in [6.45, 7) is 0.494. The van der Waals surface area contributed by atoms with E-state index in [1.54, 1.807) is 0 Å². The molecule has 3 aromatic rings. The lowest BCUT2D eigenvalue weighted by Crippen LogP contribution is -2.04. The minimum absolute atomic E-state index is 0.183. The molecular weight excluding hydrogens is 252 g/mol. The zero-order valence-electron chi connectivity index (χ0n) is 10.8. The molecule has 1 aromatic heterocycles. The van der Waals surface area contributed by atoms with Crippen LogP contribution in [0.3, 0.4) is 0 Å². The number of aromatic nitrogens is 1. The Kier molecular flexibility index (Phi) is 3.23. The van der Waals surface area contributed by atoms with Crippen molar-refractivity contribution in [3.05, 3.63) is 70.5 Å². The van der Waals surface area contributed by atoms with Gasteiger partial charge in [-0.3, -0.25) is 4.79 Å². The van der Waals surface area contributed by atoms with Gasteiger partial charge in [0.05, 0.1) is 5.52 Å². The van der Waals surface area contributed by atoms with E-state index < -0.39 is 0 Å². The summed E-state index contributed by atoms with van der Waals surface area (Å²) in [7, 11) is 0. The maximum Gasteiger partial charge on any atom is 0.252 e. The number of nitrogens with one attached hydrogen (secondary N) is 1. The summed E-state index contributed by atoms with van der Waals surface area (Å²) in [5.74, 6) is 1.22. The molecule has 3 rings (SSSR count). The van der Waals surface area contributed by atoms with Crippen LogP contribution in [-0.4, -0.2) is 4.98 Å². The fourth-order valence-corrected chi connectivity index (χ4v) is 2.08. The number of H-pyrrole nitrogens is 1. The summed E-state index contributed by atoms with van der Waals surface area (Å²) in [5, 5.41) is 0.870. The zero-order valence-corrected chi connectivity index (χ0v) is 10.8. The number of nitrogens with two attached hydrogens (primary N) is 1. The van der Waals surface area contributed by atoms with Crippen LogP contribution in [0.25, 0.3) is 10.9 Å². The lowest BCUT2D eigenvalue weighted by molar-refractivity contribution is 0.487. The van der Waals surface area contributed by atoms with E-state index in [-0.39, 0.29) is 5.56 Å². The third-order valence-electron chi connectivity index (χ3n) is 3.10. The average molecular weight is 266 g/mol. The van der Waals surface area contributed by atoms with Gasteiger partial charge in [0.2, 0.25) is 0 Å². The largest absolute Gasteiger partial charge is 0.456 e. The number of fused-ring (bicyclic) bond motifs is 1. The lowest BCUT2D eigenvalue weighted by Gasteiger charge is -2.09. The van der Waals surface area contributed by atoms with Crippen LogP contribution in [0.1, 0.15) is 5.56 Å². The van der Waals surface area contributed by atoms with E-state index in [2.05, 4.69) is 4.98 Å². The molecule has 0 bridgehead atoms. The van der Waals surface area contributed by atoms with E-state index in [1.807, 2.05) is 48.5 Å². The van der Waals surface area contributed by atoms with Gasteiger partial charge in [0.1, 0.15) is 11.5 Å². The Hall–Kier alpha value is -2.59. The molecule has 20 heavy (non-hydrogen) atoms. The van der Waals surface area contributed by atoms with Crippen LogP contribution in [0.15, 0.2) is 59.4 Å². The number of hydrogen-bond donors (Lipinski definition) is 2. The summed E-state index contributed by atoms with van der Waals surface area (Å²) >= 11 is 0. The number of para-hydroxylation sites is 1. The molecule has 100 valence electrons. The van der Waals surface area contributed by atoms with Gasteiger partial charge in [0.15, 0.2) is 0 Å². The normalized spacial score (nSPS) is 10.7. The predicted molar refractivity (Wildman–Crippen MR) is 79.0 cm³/mol. The fraction of sp³-hybridized carbons (Fsp3) is 0.0625. The van der Waals surface area contributed by atoms with Crippen LogP contribution in [0.5, 0.6) is 11.5 Å². The molecule has 0 aliphatic heterocycles. The topological polar surface area (TPSA) is 68.1 Å². The highest BCUT2D eigenvalue weighted by Crippen LogP contribution is 2.27. The molecule has 0 aliphatic rings. The van der Waals surface area contributed by atoms with Gasteiger partial charge in [0.25, 0.3) is 5.56 Å². The summed E-state index contributed by atoms with van der Waals surface area (Å²) in [4.78, 5) is 14.4. The molecule has 2 aromatic carbocycles. The van der Waals surface area contributed by atoms with E-state index in [1.165, 1.54) is 6.07 Å². The van der Waals surface area contributed by atoms with Crippen molar-refractivity contribution in [1.29, 1.82) is 0 Å². The second kappa shape index (κ2) is 5.19. The molecule has 0 saturated carbocycles. The Balaban J connectivity index is 2.03. The lowest BCUT2D eigenvalue weighted by atomic mass is 10.2. The third-order valence-corrected chi connectivity index (χ3v) is 3.10. The second-order valence-electron chi connectivity index (χ2n) is 4.49. The van der Waals surface area contributed by atoms with Crippen molar-refractivity contribution in [2.24, 2.45) is 5.73 Å². The second-order valence-corrected chi connectivity index (χ2v) is 4.49. The van der Waals surface area contributed by atoms with Crippen LogP contribution in [0.4, 0.5) is 0 Å². The molecular formula is C16H14N2O2. The molecule has 0 unspecified atom stereocenters. The van der Waals surface area contributed by atoms with E-state index in [0.717, 1.165) is 16.5 Å². The molecule has 3 N–H and O–H groups in total. The maximum absolute atomic E-state index is 11.6. The van der Waals surface area contributed by atoms with E-state index >= 15 is 0 Å². The Morgan fingerprint density at radius 1 is 1.05 bits per heavy atom. The molecule has 4 heteroatoms. The van der Waals surface area contributed by atoms with Crippen LogP contribution in [0, 0.1) is 0 Å². The maximum atomic E-state index is 11.6. The smallest absolute Gasteiger partial charge is 0.252 e. The Labute approximate surface area is 115 Å². The summed E-state index contributed by atoms with van der Waals surface area (Å²) in [5.41, 5.74) is 7.17. The van der Waals surface area contributed by atoms with Gasteiger partial charge in [-0.2, -0.15) is 0 Å². The minimum Gasteiger partial charge on any atom is -0.456 e. The van der Waals surface area contributed by atoms with Crippen LogP contribution in [-0.2, 0) is 6.54 Å². The number of ether oxygens (including phenoxy) is 1. The third kappa shape index (κ3) is 2.41.